The fraction of sp³-hybridized carbons (Fsp3) is 0.286. The molecule has 1 unspecified atom stereocenters. The van der Waals surface area contributed by atoms with Crippen molar-refractivity contribution in [3.63, 3.8) is 0 Å². The number of benzene rings is 1. The van der Waals surface area contributed by atoms with Gasteiger partial charge < -0.3 is 15.4 Å². The van der Waals surface area contributed by atoms with Gasteiger partial charge in [-0.05, 0) is 36.8 Å². The third-order valence-corrected chi connectivity index (χ3v) is 3.06. The van der Waals surface area contributed by atoms with E-state index in [0.717, 1.165) is 17.1 Å². The highest BCUT2D eigenvalue weighted by molar-refractivity contribution is 5.46. The molecular weight excluding hydrogens is 240 g/mol. The fourth-order valence-electron chi connectivity index (χ4n) is 1.91. The summed E-state index contributed by atoms with van der Waals surface area (Å²) in [5.41, 5.74) is 8.40. The Labute approximate surface area is 113 Å². The van der Waals surface area contributed by atoms with Crippen LogP contribution in [-0.2, 0) is 0 Å². The molecule has 2 N–H and O–H groups in total. The van der Waals surface area contributed by atoms with Crippen LogP contribution in [0, 0.1) is 0 Å². The van der Waals surface area contributed by atoms with Gasteiger partial charge in [-0.15, -0.1) is 0 Å². The van der Waals surface area contributed by atoms with Crippen LogP contribution in [0.5, 0.6) is 5.75 Å². The van der Waals surface area contributed by atoms with Gasteiger partial charge in [0.05, 0.1) is 24.5 Å². The molecule has 0 fully saturated rings. The molecule has 1 atom stereocenters. The van der Waals surface area contributed by atoms with Crippen LogP contribution in [0.3, 0.4) is 0 Å². The second kappa shape index (κ2) is 5.56. The molecule has 1 aromatic carbocycles. The minimum Gasteiger partial charge on any atom is -0.497 e. The molecule has 5 heteroatoms. The van der Waals surface area contributed by atoms with Crippen LogP contribution in [0.2, 0.25) is 0 Å². The Balaban J connectivity index is 1.99. The Morgan fingerprint density at radius 3 is 2.53 bits per heavy atom. The normalized spacial score (nSPS) is 18.4. The molecule has 0 heterocycles. The zero-order valence-corrected chi connectivity index (χ0v) is 11.4. The number of nitrogens with two attached hydrogens (primary N) is 1. The zero-order chi connectivity index (χ0) is 13.8. The first kappa shape index (κ1) is 13.1. The monoisotopic (exact) mass is 258 g/mol. The van der Waals surface area contributed by atoms with Crippen molar-refractivity contribution in [3.05, 3.63) is 47.9 Å². The van der Waals surface area contributed by atoms with Crippen LogP contribution in [-0.4, -0.2) is 25.1 Å². The quantitative estimate of drug-likeness (QED) is 0.826. The topological polar surface area (TPSA) is 63.2 Å². The van der Waals surface area contributed by atoms with E-state index in [4.69, 9.17) is 10.5 Å². The molecule has 2 rings (SSSR count). The summed E-state index contributed by atoms with van der Waals surface area (Å²) in [5.74, 6) is 0.812. The third-order valence-electron chi connectivity index (χ3n) is 3.06. The number of nitrogens with zero attached hydrogens (tertiary/aromatic N) is 3. The summed E-state index contributed by atoms with van der Waals surface area (Å²) in [6.45, 7) is 2.05. The Hall–Kier alpha value is -2.30. The predicted octanol–water partition coefficient (Wildman–Crippen LogP) is 2.80. The smallest absolute Gasteiger partial charge is 0.119 e. The summed E-state index contributed by atoms with van der Waals surface area (Å²) in [4.78, 5) is 2.01. The molecule has 0 saturated heterocycles. The molecule has 1 aliphatic carbocycles. The van der Waals surface area contributed by atoms with Gasteiger partial charge in [-0.2, -0.15) is 10.2 Å². The van der Waals surface area contributed by atoms with Crippen molar-refractivity contribution in [2.45, 2.75) is 13.0 Å². The minimum absolute atomic E-state index is 0.224. The maximum absolute atomic E-state index is 5.37. The SMILES string of the molecule is COc1ccc(N=NC2=C(C)C2N(C)C=CN)cc1. The molecule has 0 amide bonds. The van der Waals surface area contributed by atoms with Crippen molar-refractivity contribution in [1.29, 1.82) is 0 Å². The lowest BCUT2D eigenvalue weighted by atomic mass is 10.3. The molecule has 5 nitrogen and oxygen atoms in total. The van der Waals surface area contributed by atoms with Crippen molar-refractivity contribution >= 4 is 5.69 Å². The number of likely N-dealkylation sites (N-methyl/N-ethyl adjacent to an activating group) is 1. The Kier molecular flexibility index (Phi) is 3.85. The summed E-state index contributed by atoms with van der Waals surface area (Å²) < 4.78 is 5.09. The lowest BCUT2D eigenvalue weighted by Crippen LogP contribution is -2.17. The highest BCUT2D eigenvalue weighted by Gasteiger charge is 2.36. The van der Waals surface area contributed by atoms with Crippen LogP contribution in [0.1, 0.15) is 6.92 Å². The summed E-state index contributed by atoms with van der Waals surface area (Å²) in [6, 6.07) is 7.70. The highest BCUT2D eigenvalue weighted by Crippen LogP contribution is 2.37. The molecule has 19 heavy (non-hydrogen) atoms. The van der Waals surface area contributed by atoms with Crippen LogP contribution in [0.4, 0.5) is 5.69 Å². The van der Waals surface area contributed by atoms with E-state index >= 15 is 0 Å². The summed E-state index contributed by atoms with van der Waals surface area (Å²) >= 11 is 0. The Morgan fingerprint density at radius 1 is 1.26 bits per heavy atom. The first-order valence-electron chi connectivity index (χ1n) is 6.04. The fourth-order valence-corrected chi connectivity index (χ4v) is 1.91. The van der Waals surface area contributed by atoms with Crippen LogP contribution < -0.4 is 10.5 Å². The van der Waals surface area contributed by atoms with Gasteiger partial charge in [-0.25, -0.2) is 0 Å². The lowest BCUT2D eigenvalue weighted by Gasteiger charge is -2.12. The van der Waals surface area contributed by atoms with Gasteiger partial charge in [-0.3, -0.25) is 0 Å². The molecule has 0 aliphatic heterocycles. The van der Waals surface area contributed by atoms with Crippen LogP contribution >= 0.6 is 0 Å². The second-order valence-electron chi connectivity index (χ2n) is 4.38. The third kappa shape index (κ3) is 2.93. The van der Waals surface area contributed by atoms with Crippen LogP contribution in [0.15, 0.2) is 58.2 Å². The minimum atomic E-state index is 0.224. The maximum Gasteiger partial charge on any atom is 0.119 e. The molecule has 0 saturated carbocycles. The van der Waals surface area contributed by atoms with Gasteiger partial charge in [0.2, 0.25) is 0 Å². The largest absolute Gasteiger partial charge is 0.497 e. The van der Waals surface area contributed by atoms with E-state index < -0.39 is 0 Å². The number of rotatable bonds is 5. The lowest BCUT2D eigenvalue weighted by molar-refractivity contribution is 0.415. The second-order valence-corrected chi connectivity index (χ2v) is 4.38. The van der Waals surface area contributed by atoms with Gasteiger partial charge in [0, 0.05) is 19.4 Å². The first-order valence-corrected chi connectivity index (χ1v) is 6.04. The summed E-state index contributed by atoms with van der Waals surface area (Å²) in [7, 11) is 3.60. The molecule has 100 valence electrons. The zero-order valence-electron chi connectivity index (χ0n) is 11.4. The van der Waals surface area contributed by atoms with E-state index in [1.807, 2.05) is 49.3 Å². The molecule has 1 aliphatic rings. The number of azo groups is 1. The molecule has 0 bridgehead atoms. The van der Waals surface area contributed by atoms with E-state index in [1.54, 1.807) is 7.11 Å². The predicted molar refractivity (Wildman–Crippen MR) is 75.1 cm³/mol. The molecular formula is C14H18N4O. The van der Waals surface area contributed by atoms with Crippen molar-refractivity contribution < 1.29 is 4.74 Å². The standard InChI is InChI=1S/C14H18N4O/c1-10-13(14(10)18(2)9-8-15)17-16-11-4-6-12(19-3)7-5-11/h4-9,14H,15H2,1-3H3. The number of methoxy groups -OCH3 is 1. The summed E-state index contributed by atoms with van der Waals surface area (Å²) in [5, 5.41) is 8.49. The number of ether oxygens (including phenoxy) is 1. The average Bonchev–Trinajstić information content (AvgIpc) is 3.08. The Morgan fingerprint density at radius 2 is 1.95 bits per heavy atom. The van der Waals surface area contributed by atoms with E-state index in [9.17, 15) is 0 Å². The first-order chi connectivity index (χ1) is 9.17. The van der Waals surface area contributed by atoms with E-state index in [1.165, 1.54) is 11.8 Å². The van der Waals surface area contributed by atoms with Crippen molar-refractivity contribution in [3.8, 4) is 5.75 Å². The van der Waals surface area contributed by atoms with E-state index in [2.05, 4.69) is 10.2 Å². The maximum atomic E-state index is 5.37. The highest BCUT2D eigenvalue weighted by atomic mass is 16.5. The Bertz CT molecular complexity index is 531. The van der Waals surface area contributed by atoms with Crippen molar-refractivity contribution in [1.82, 2.24) is 4.90 Å². The number of hydrogen-bond acceptors (Lipinski definition) is 5. The van der Waals surface area contributed by atoms with Gasteiger partial charge in [0.25, 0.3) is 0 Å². The van der Waals surface area contributed by atoms with Crippen molar-refractivity contribution in [2.75, 3.05) is 14.2 Å². The molecule has 0 radical (unpaired) electrons. The van der Waals surface area contributed by atoms with E-state index in [0.29, 0.717) is 0 Å². The van der Waals surface area contributed by atoms with Gasteiger partial charge in [0.15, 0.2) is 0 Å². The van der Waals surface area contributed by atoms with Gasteiger partial charge in [-0.1, -0.05) is 0 Å². The number of hydrogen-bond donors (Lipinski definition) is 1. The van der Waals surface area contributed by atoms with Gasteiger partial charge >= 0.3 is 0 Å². The van der Waals surface area contributed by atoms with Crippen molar-refractivity contribution in [2.24, 2.45) is 16.0 Å². The summed E-state index contributed by atoms with van der Waals surface area (Å²) in [6.07, 6.45) is 3.34. The average molecular weight is 258 g/mol. The molecule has 0 aromatic heterocycles. The molecule has 0 spiro atoms. The van der Waals surface area contributed by atoms with Gasteiger partial charge in [0.1, 0.15) is 5.75 Å². The molecule has 1 aromatic rings. The van der Waals surface area contributed by atoms with Crippen LogP contribution in [0.25, 0.3) is 0 Å². The van der Waals surface area contributed by atoms with E-state index in [-0.39, 0.29) is 6.04 Å².